The van der Waals surface area contributed by atoms with Crippen LogP contribution in [0.2, 0.25) is 0 Å². The largest absolute Gasteiger partial charge is 0.324 e. The number of nitrogens with two attached hydrogens (primary N) is 1. The molecule has 0 bridgehead atoms. The number of hydrogen-bond acceptors (Lipinski definition) is 2. The first kappa shape index (κ1) is 16.4. The lowest BCUT2D eigenvalue weighted by Crippen LogP contribution is -2.46. The van der Waals surface area contributed by atoms with Crippen molar-refractivity contribution < 1.29 is 8.78 Å². The minimum atomic E-state index is -0.561. The van der Waals surface area contributed by atoms with E-state index in [-0.39, 0.29) is 6.04 Å². The van der Waals surface area contributed by atoms with Crippen molar-refractivity contribution in [3.05, 3.63) is 35.4 Å². The van der Waals surface area contributed by atoms with Crippen LogP contribution in [0.15, 0.2) is 18.2 Å². The highest BCUT2D eigenvalue weighted by atomic mass is 19.1. The molecular weight excluding hydrogens is 270 g/mol. The number of nitrogens with zero attached hydrogens (tertiary/aromatic N) is 1. The van der Waals surface area contributed by atoms with Gasteiger partial charge in [0.15, 0.2) is 0 Å². The number of rotatable bonds is 4. The molecule has 0 spiro atoms. The predicted octanol–water partition coefficient (Wildman–Crippen LogP) is 3.72. The van der Waals surface area contributed by atoms with Gasteiger partial charge in [-0.05, 0) is 49.3 Å². The van der Waals surface area contributed by atoms with Gasteiger partial charge in [0, 0.05) is 31.2 Å². The molecule has 118 valence electrons. The monoisotopic (exact) mass is 296 g/mol. The van der Waals surface area contributed by atoms with Gasteiger partial charge in [-0.2, -0.15) is 0 Å². The summed E-state index contributed by atoms with van der Waals surface area (Å²) in [5, 5.41) is 0. The van der Waals surface area contributed by atoms with Crippen LogP contribution in [0.5, 0.6) is 0 Å². The van der Waals surface area contributed by atoms with E-state index in [9.17, 15) is 8.78 Å². The second-order valence-corrected chi connectivity index (χ2v) is 6.65. The van der Waals surface area contributed by atoms with Crippen molar-refractivity contribution in [2.75, 3.05) is 13.1 Å². The third-order valence-corrected chi connectivity index (χ3v) is 4.76. The summed E-state index contributed by atoms with van der Waals surface area (Å²) in [6, 6.07) is 3.76. The Morgan fingerprint density at radius 2 is 1.81 bits per heavy atom. The van der Waals surface area contributed by atoms with Crippen LogP contribution < -0.4 is 5.73 Å². The van der Waals surface area contributed by atoms with Crippen LogP contribution in [0.1, 0.15) is 45.2 Å². The standard InChI is InChI=1S/C17H26F2N2/c1-11-6-12(2)13(3)21(10-11)5-4-17(20)14-7-15(18)9-16(19)8-14/h7-9,11-13,17H,4-6,10,20H2,1-3H3. The molecule has 2 nitrogen and oxygen atoms in total. The smallest absolute Gasteiger partial charge is 0.126 e. The molecule has 4 unspecified atom stereocenters. The van der Waals surface area contributed by atoms with E-state index in [0.717, 1.165) is 19.2 Å². The maximum atomic E-state index is 13.2. The first-order chi connectivity index (χ1) is 9.86. The molecule has 4 heteroatoms. The Kier molecular flexibility index (Phi) is 5.33. The zero-order chi connectivity index (χ0) is 15.6. The molecule has 1 fully saturated rings. The van der Waals surface area contributed by atoms with Gasteiger partial charge >= 0.3 is 0 Å². The van der Waals surface area contributed by atoms with Gasteiger partial charge in [0.1, 0.15) is 11.6 Å². The molecule has 1 aliphatic rings. The third-order valence-electron chi connectivity index (χ3n) is 4.76. The van der Waals surface area contributed by atoms with Gasteiger partial charge < -0.3 is 10.6 Å². The van der Waals surface area contributed by atoms with Crippen molar-refractivity contribution in [3.63, 3.8) is 0 Å². The molecule has 1 aromatic rings. The maximum absolute atomic E-state index is 13.2. The minimum Gasteiger partial charge on any atom is -0.324 e. The van der Waals surface area contributed by atoms with E-state index in [0.29, 0.717) is 29.9 Å². The summed E-state index contributed by atoms with van der Waals surface area (Å²) in [7, 11) is 0. The normalized spacial score (nSPS) is 28.6. The number of likely N-dealkylation sites (tertiary alicyclic amines) is 1. The topological polar surface area (TPSA) is 29.3 Å². The molecule has 0 saturated carbocycles. The molecule has 1 heterocycles. The van der Waals surface area contributed by atoms with Crippen LogP contribution in [-0.4, -0.2) is 24.0 Å². The first-order valence-corrected chi connectivity index (χ1v) is 7.82. The van der Waals surface area contributed by atoms with E-state index in [4.69, 9.17) is 5.73 Å². The molecule has 1 aliphatic heterocycles. The number of halogens is 2. The summed E-state index contributed by atoms with van der Waals surface area (Å²) in [6.07, 6.45) is 1.98. The van der Waals surface area contributed by atoms with Crippen LogP contribution in [0.3, 0.4) is 0 Å². The Balaban J connectivity index is 1.95. The SMILES string of the molecule is CC1CC(C)C(C)N(CCC(N)c2cc(F)cc(F)c2)C1. The Morgan fingerprint density at radius 3 is 2.43 bits per heavy atom. The fraction of sp³-hybridized carbons (Fsp3) is 0.647. The van der Waals surface area contributed by atoms with E-state index in [1.807, 2.05) is 0 Å². The summed E-state index contributed by atoms with van der Waals surface area (Å²) in [5.41, 5.74) is 6.64. The van der Waals surface area contributed by atoms with Crippen LogP contribution >= 0.6 is 0 Å². The number of piperidine rings is 1. The van der Waals surface area contributed by atoms with Gasteiger partial charge in [-0.3, -0.25) is 0 Å². The lowest BCUT2D eigenvalue weighted by atomic mass is 9.85. The lowest BCUT2D eigenvalue weighted by molar-refractivity contribution is 0.0769. The van der Waals surface area contributed by atoms with E-state index in [2.05, 4.69) is 25.7 Å². The molecule has 2 rings (SSSR count). The predicted molar refractivity (Wildman–Crippen MR) is 81.9 cm³/mol. The second-order valence-electron chi connectivity index (χ2n) is 6.65. The number of benzene rings is 1. The highest BCUT2D eigenvalue weighted by Gasteiger charge is 2.28. The summed E-state index contributed by atoms with van der Waals surface area (Å²) in [5.74, 6) is 0.249. The summed E-state index contributed by atoms with van der Waals surface area (Å²) >= 11 is 0. The molecule has 0 amide bonds. The molecule has 2 N–H and O–H groups in total. The van der Waals surface area contributed by atoms with Gasteiger partial charge in [0.05, 0.1) is 0 Å². The summed E-state index contributed by atoms with van der Waals surface area (Å²) in [6.45, 7) is 8.77. The third kappa shape index (κ3) is 4.24. The zero-order valence-corrected chi connectivity index (χ0v) is 13.2. The lowest BCUT2D eigenvalue weighted by Gasteiger charge is -2.41. The molecule has 1 aromatic carbocycles. The van der Waals surface area contributed by atoms with Crippen LogP contribution in [0.4, 0.5) is 8.78 Å². The van der Waals surface area contributed by atoms with Gasteiger partial charge in [0.25, 0.3) is 0 Å². The Morgan fingerprint density at radius 1 is 1.19 bits per heavy atom. The molecule has 0 radical (unpaired) electrons. The van der Waals surface area contributed by atoms with Crippen molar-refractivity contribution in [1.82, 2.24) is 4.90 Å². The van der Waals surface area contributed by atoms with Crippen molar-refractivity contribution in [3.8, 4) is 0 Å². The molecule has 21 heavy (non-hydrogen) atoms. The van der Waals surface area contributed by atoms with Crippen molar-refractivity contribution in [1.29, 1.82) is 0 Å². The molecule has 0 aromatic heterocycles. The Bertz CT molecular complexity index is 458. The van der Waals surface area contributed by atoms with Gasteiger partial charge in [-0.25, -0.2) is 8.78 Å². The van der Waals surface area contributed by atoms with Crippen molar-refractivity contribution in [2.45, 2.75) is 45.7 Å². The van der Waals surface area contributed by atoms with E-state index in [1.54, 1.807) is 0 Å². The van der Waals surface area contributed by atoms with Gasteiger partial charge in [0.2, 0.25) is 0 Å². The average Bonchev–Trinajstić information content (AvgIpc) is 2.39. The van der Waals surface area contributed by atoms with Crippen LogP contribution in [0.25, 0.3) is 0 Å². The van der Waals surface area contributed by atoms with Crippen molar-refractivity contribution >= 4 is 0 Å². The molecular formula is C17H26F2N2. The highest BCUT2D eigenvalue weighted by molar-refractivity contribution is 5.21. The first-order valence-electron chi connectivity index (χ1n) is 7.82. The second kappa shape index (κ2) is 6.84. The van der Waals surface area contributed by atoms with E-state index < -0.39 is 11.6 Å². The van der Waals surface area contributed by atoms with Crippen molar-refractivity contribution in [2.24, 2.45) is 17.6 Å². The number of hydrogen-bond donors (Lipinski definition) is 1. The fourth-order valence-corrected chi connectivity index (χ4v) is 3.39. The quantitative estimate of drug-likeness (QED) is 0.917. The van der Waals surface area contributed by atoms with E-state index in [1.165, 1.54) is 18.6 Å². The highest BCUT2D eigenvalue weighted by Crippen LogP contribution is 2.28. The van der Waals surface area contributed by atoms with Gasteiger partial charge in [-0.1, -0.05) is 13.8 Å². The molecule has 0 aliphatic carbocycles. The zero-order valence-electron chi connectivity index (χ0n) is 13.2. The van der Waals surface area contributed by atoms with E-state index >= 15 is 0 Å². The Hall–Kier alpha value is -1.00. The molecule has 4 atom stereocenters. The van der Waals surface area contributed by atoms with Crippen LogP contribution in [0, 0.1) is 23.5 Å². The fourth-order valence-electron chi connectivity index (χ4n) is 3.39. The average molecular weight is 296 g/mol. The summed E-state index contributed by atoms with van der Waals surface area (Å²) < 4.78 is 26.5. The maximum Gasteiger partial charge on any atom is 0.126 e. The molecule has 1 saturated heterocycles. The van der Waals surface area contributed by atoms with Gasteiger partial charge in [-0.15, -0.1) is 0 Å². The minimum absolute atomic E-state index is 0.324. The summed E-state index contributed by atoms with van der Waals surface area (Å²) in [4.78, 5) is 2.45. The Labute approximate surface area is 126 Å². The van der Waals surface area contributed by atoms with Crippen LogP contribution in [-0.2, 0) is 0 Å².